The van der Waals surface area contributed by atoms with Crippen molar-refractivity contribution in [3.63, 3.8) is 0 Å². The van der Waals surface area contributed by atoms with Crippen LogP contribution in [-0.4, -0.2) is 23.5 Å². The Kier molecular flexibility index (Phi) is 3.60. The fourth-order valence-corrected chi connectivity index (χ4v) is 2.67. The molecule has 102 valence electrons. The van der Waals surface area contributed by atoms with E-state index in [0.717, 1.165) is 12.0 Å². The van der Waals surface area contributed by atoms with Gasteiger partial charge < -0.3 is 10.4 Å². The average Bonchev–Trinajstić information content (AvgIpc) is 2.94. The number of carbonyl (C=O) groups excluding carboxylic acids is 1. The largest absolute Gasteiger partial charge is 0.481 e. The molecule has 1 aromatic rings. The highest BCUT2D eigenvalue weighted by molar-refractivity contribution is 5.91. The summed E-state index contributed by atoms with van der Waals surface area (Å²) < 4.78 is 0. The molecule has 4 nitrogen and oxygen atoms in total. The Morgan fingerprint density at radius 1 is 1.21 bits per heavy atom. The summed E-state index contributed by atoms with van der Waals surface area (Å²) in [7, 11) is 0. The highest BCUT2D eigenvalue weighted by atomic mass is 16.4. The van der Waals surface area contributed by atoms with Crippen molar-refractivity contribution in [2.75, 3.05) is 6.54 Å². The van der Waals surface area contributed by atoms with Crippen LogP contribution in [0.25, 0.3) is 0 Å². The normalized spacial score (nSPS) is 23.7. The lowest BCUT2D eigenvalue weighted by Gasteiger charge is -2.06. The highest BCUT2D eigenvalue weighted by Crippen LogP contribution is 2.58. The number of rotatable bonds is 5. The average molecular weight is 261 g/mol. The number of nitrogens with one attached hydrogen (secondary N) is 1. The van der Waals surface area contributed by atoms with E-state index in [9.17, 15) is 9.59 Å². The summed E-state index contributed by atoms with van der Waals surface area (Å²) in [5.41, 5.74) is 0.732. The Morgan fingerprint density at radius 2 is 1.84 bits per heavy atom. The zero-order valence-corrected chi connectivity index (χ0v) is 11.2. The van der Waals surface area contributed by atoms with Crippen molar-refractivity contribution in [2.45, 2.75) is 20.3 Å². The van der Waals surface area contributed by atoms with Gasteiger partial charge in [-0.05, 0) is 17.4 Å². The van der Waals surface area contributed by atoms with E-state index in [1.807, 2.05) is 44.2 Å². The topological polar surface area (TPSA) is 66.4 Å². The van der Waals surface area contributed by atoms with E-state index in [0.29, 0.717) is 6.54 Å². The van der Waals surface area contributed by atoms with Crippen LogP contribution < -0.4 is 5.32 Å². The predicted molar refractivity (Wildman–Crippen MR) is 71.6 cm³/mol. The molecule has 2 N–H and O–H groups in total. The van der Waals surface area contributed by atoms with Gasteiger partial charge in [0.15, 0.2) is 0 Å². The molecule has 1 aliphatic rings. The molecule has 1 aromatic carbocycles. The molecule has 1 saturated carbocycles. The van der Waals surface area contributed by atoms with Gasteiger partial charge in [-0.3, -0.25) is 9.59 Å². The minimum absolute atomic E-state index is 0.145. The van der Waals surface area contributed by atoms with E-state index in [1.165, 1.54) is 0 Å². The third kappa shape index (κ3) is 2.78. The smallest absolute Gasteiger partial charge is 0.307 e. The molecule has 0 aromatic heterocycles. The molecule has 2 unspecified atom stereocenters. The van der Waals surface area contributed by atoms with Gasteiger partial charge in [0.05, 0.1) is 11.8 Å². The molecule has 0 bridgehead atoms. The molecule has 0 spiro atoms. The Bertz CT molecular complexity index is 481. The number of hydrogen-bond donors (Lipinski definition) is 2. The fourth-order valence-electron chi connectivity index (χ4n) is 2.67. The minimum Gasteiger partial charge on any atom is -0.481 e. The number of carboxylic acid groups (broad SMARTS) is 1. The Balaban J connectivity index is 1.82. The lowest BCUT2D eigenvalue weighted by atomic mass is 10.1. The molecule has 1 fully saturated rings. The number of carbonyl (C=O) groups is 2. The van der Waals surface area contributed by atoms with Gasteiger partial charge >= 0.3 is 5.97 Å². The van der Waals surface area contributed by atoms with E-state index in [-0.39, 0.29) is 5.91 Å². The van der Waals surface area contributed by atoms with Gasteiger partial charge in [0.1, 0.15) is 0 Å². The second kappa shape index (κ2) is 5.03. The quantitative estimate of drug-likeness (QED) is 0.847. The third-order valence-corrected chi connectivity index (χ3v) is 3.93. The zero-order chi connectivity index (χ0) is 14.0. The van der Waals surface area contributed by atoms with Crippen molar-refractivity contribution in [3.8, 4) is 0 Å². The van der Waals surface area contributed by atoms with Crippen molar-refractivity contribution < 1.29 is 14.7 Å². The van der Waals surface area contributed by atoms with Crippen LogP contribution in [0, 0.1) is 17.3 Å². The maximum Gasteiger partial charge on any atom is 0.307 e. The summed E-state index contributed by atoms with van der Waals surface area (Å²) in [5.74, 6) is -1.98. The van der Waals surface area contributed by atoms with Crippen LogP contribution >= 0.6 is 0 Å². The van der Waals surface area contributed by atoms with Crippen LogP contribution in [0.5, 0.6) is 0 Å². The summed E-state index contributed by atoms with van der Waals surface area (Å²) in [5, 5.41) is 11.9. The van der Waals surface area contributed by atoms with E-state index >= 15 is 0 Å². The number of amides is 1. The molecule has 19 heavy (non-hydrogen) atoms. The van der Waals surface area contributed by atoms with Crippen LogP contribution in [0.3, 0.4) is 0 Å². The molecule has 0 radical (unpaired) electrons. The van der Waals surface area contributed by atoms with Gasteiger partial charge in [0.25, 0.3) is 0 Å². The molecular weight excluding hydrogens is 242 g/mol. The number of benzene rings is 1. The molecule has 4 heteroatoms. The molecular formula is C15H19NO3. The Morgan fingerprint density at radius 3 is 2.37 bits per heavy atom. The lowest BCUT2D eigenvalue weighted by molar-refractivity contribution is -0.140. The highest BCUT2D eigenvalue weighted by Gasteiger charge is 2.65. The molecule has 1 amide bonds. The maximum absolute atomic E-state index is 12.0. The van der Waals surface area contributed by atoms with Gasteiger partial charge in [0, 0.05) is 6.54 Å². The van der Waals surface area contributed by atoms with Crippen LogP contribution in [0.1, 0.15) is 19.4 Å². The lowest BCUT2D eigenvalue weighted by Crippen LogP contribution is -2.29. The molecule has 0 aliphatic heterocycles. The van der Waals surface area contributed by atoms with Crippen LogP contribution in [0.4, 0.5) is 0 Å². The standard InChI is InChI=1S/C15H19NO3/c1-15(2)11(12(15)14(18)19)13(17)16-9-8-10-6-4-3-5-7-10/h3-7,11-12H,8-9H2,1-2H3,(H,16,17)(H,18,19). The first kappa shape index (κ1) is 13.6. The second-order valence-electron chi connectivity index (χ2n) is 5.64. The fraction of sp³-hybridized carbons (Fsp3) is 0.467. The van der Waals surface area contributed by atoms with Gasteiger partial charge in [-0.1, -0.05) is 44.2 Å². The maximum atomic E-state index is 12.0. The number of carboxylic acids is 1. The monoisotopic (exact) mass is 261 g/mol. The summed E-state index contributed by atoms with van der Waals surface area (Å²) >= 11 is 0. The number of aliphatic carboxylic acids is 1. The first-order valence-corrected chi connectivity index (χ1v) is 6.49. The Labute approximate surface area is 112 Å². The van der Waals surface area contributed by atoms with Gasteiger partial charge in [-0.2, -0.15) is 0 Å². The summed E-state index contributed by atoms with van der Waals surface area (Å²) in [6.45, 7) is 4.20. The summed E-state index contributed by atoms with van der Waals surface area (Å²) in [6, 6.07) is 9.88. The SMILES string of the molecule is CC1(C)C(C(=O)O)C1C(=O)NCCc1ccccc1. The predicted octanol–water partition coefficient (Wildman–Crippen LogP) is 1.70. The van der Waals surface area contributed by atoms with E-state index < -0.39 is 23.2 Å². The van der Waals surface area contributed by atoms with Crippen LogP contribution in [0.15, 0.2) is 30.3 Å². The van der Waals surface area contributed by atoms with E-state index in [1.54, 1.807) is 0 Å². The first-order chi connectivity index (χ1) is 8.94. The summed E-state index contributed by atoms with van der Waals surface area (Å²) in [6.07, 6.45) is 0.761. The van der Waals surface area contributed by atoms with Crippen molar-refractivity contribution in [3.05, 3.63) is 35.9 Å². The van der Waals surface area contributed by atoms with Crippen molar-refractivity contribution in [1.82, 2.24) is 5.32 Å². The first-order valence-electron chi connectivity index (χ1n) is 6.49. The second-order valence-corrected chi connectivity index (χ2v) is 5.64. The summed E-state index contributed by atoms with van der Waals surface area (Å²) in [4.78, 5) is 23.0. The molecule has 2 rings (SSSR count). The van der Waals surface area contributed by atoms with Crippen molar-refractivity contribution in [1.29, 1.82) is 0 Å². The van der Waals surface area contributed by atoms with Crippen molar-refractivity contribution in [2.24, 2.45) is 17.3 Å². The molecule has 0 heterocycles. The van der Waals surface area contributed by atoms with Crippen LogP contribution in [-0.2, 0) is 16.0 Å². The van der Waals surface area contributed by atoms with E-state index in [2.05, 4.69) is 5.32 Å². The van der Waals surface area contributed by atoms with Gasteiger partial charge in [-0.15, -0.1) is 0 Å². The minimum atomic E-state index is -0.881. The molecule has 1 aliphatic carbocycles. The Hall–Kier alpha value is -1.84. The van der Waals surface area contributed by atoms with Crippen molar-refractivity contribution >= 4 is 11.9 Å². The van der Waals surface area contributed by atoms with E-state index in [4.69, 9.17) is 5.11 Å². The van der Waals surface area contributed by atoms with Gasteiger partial charge in [0.2, 0.25) is 5.91 Å². The molecule has 2 atom stereocenters. The van der Waals surface area contributed by atoms with Crippen LogP contribution in [0.2, 0.25) is 0 Å². The third-order valence-electron chi connectivity index (χ3n) is 3.93. The zero-order valence-electron chi connectivity index (χ0n) is 11.2. The number of hydrogen-bond acceptors (Lipinski definition) is 2. The molecule has 0 saturated heterocycles. The van der Waals surface area contributed by atoms with Gasteiger partial charge in [-0.25, -0.2) is 0 Å².